The molecule has 0 saturated carbocycles. The second-order valence-electron chi connectivity index (χ2n) is 6.09. The Hall–Kier alpha value is -2.10. The minimum atomic E-state index is 0.102. The van der Waals surface area contributed by atoms with Crippen LogP contribution >= 0.6 is 0 Å². The first-order valence-corrected chi connectivity index (χ1v) is 8.36. The van der Waals surface area contributed by atoms with Crippen LogP contribution in [0.2, 0.25) is 0 Å². The number of hydrogen-bond acceptors (Lipinski definition) is 2. The van der Waals surface area contributed by atoms with Crippen LogP contribution in [0, 0.1) is 13.8 Å². The number of carbonyl (C=O) groups is 1. The van der Waals surface area contributed by atoms with E-state index in [1.54, 1.807) is 0 Å². The molecule has 1 aromatic heterocycles. The van der Waals surface area contributed by atoms with Crippen LogP contribution in [0.5, 0.6) is 0 Å². The SMILES string of the molecule is CCCC(NC(=O)CCc1c(C)nn(C)c1C)c1ccccc1. The average Bonchev–Trinajstić information content (AvgIpc) is 2.78. The Morgan fingerprint density at radius 3 is 2.52 bits per heavy atom. The fourth-order valence-corrected chi connectivity index (χ4v) is 2.98. The molecule has 4 nitrogen and oxygen atoms in total. The molecule has 23 heavy (non-hydrogen) atoms. The zero-order chi connectivity index (χ0) is 16.8. The molecule has 0 spiro atoms. The number of nitrogens with one attached hydrogen (secondary N) is 1. The van der Waals surface area contributed by atoms with Crippen LogP contribution < -0.4 is 5.32 Å². The van der Waals surface area contributed by atoms with Gasteiger partial charge in [-0.3, -0.25) is 9.48 Å². The molecule has 0 aliphatic carbocycles. The Kier molecular flexibility index (Phi) is 5.97. The van der Waals surface area contributed by atoms with Crippen LogP contribution in [-0.2, 0) is 18.3 Å². The van der Waals surface area contributed by atoms with E-state index in [1.807, 2.05) is 36.9 Å². The Bertz CT molecular complexity index is 646. The zero-order valence-electron chi connectivity index (χ0n) is 14.6. The van der Waals surface area contributed by atoms with E-state index in [-0.39, 0.29) is 11.9 Å². The lowest BCUT2D eigenvalue weighted by atomic mass is 10.0. The van der Waals surface area contributed by atoms with Crippen molar-refractivity contribution in [3.05, 3.63) is 52.8 Å². The van der Waals surface area contributed by atoms with Gasteiger partial charge in [-0.2, -0.15) is 5.10 Å². The van der Waals surface area contributed by atoms with Gasteiger partial charge >= 0.3 is 0 Å². The molecule has 0 saturated heterocycles. The molecule has 4 heteroatoms. The predicted molar refractivity (Wildman–Crippen MR) is 93.2 cm³/mol. The number of amides is 1. The van der Waals surface area contributed by atoms with Crippen molar-refractivity contribution in [3.8, 4) is 0 Å². The summed E-state index contributed by atoms with van der Waals surface area (Å²) < 4.78 is 1.88. The Morgan fingerprint density at radius 1 is 1.26 bits per heavy atom. The molecule has 124 valence electrons. The lowest BCUT2D eigenvalue weighted by molar-refractivity contribution is -0.121. The van der Waals surface area contributed by atoms with Gasteiger partial charge in [0.2, 0.25) is 5.91 Å². The average molecular weight is 313 g/mol. The van der Waals surface area contributed by atoms with E-state index in [0.29, 0.717) is 6.42 Å². The third-order valence-electron chi connectivity index (χ3n) is 4.38. The molecule has 1 amide bonds. The molecule has 2 rings (SSSR count). The van der Waals surface area contributed by atoms with E-state index in [2.05, 4.69) is 36.4 Å². The van der Waals surface area contributed by atoms with Gasteiger partial charge < -0.3 is 5.32 Å². The monoisotopic (exact) mass is 313 g/mol. The number of carbonyl (C=O) groups excluding carboxylic acids is 1. The van der Waals surface area contributed by atoms with E-state index < -0.39 is 0 Å². The first kappa shape index (κ1) is 17.3. The second kappa shape index (κ2) is 7.95. The van der Waals surface area contributed by atoms with E-state index in [1.165, 1.54) is 11.1 Å². The maximum Gasteiger partial charge on any atom is 0.220 e. The summed E-state index contributed by atoms with van der Waals surface area (Å²) in [5, 5.41) is 7.60. The Labute approximate surface area is 138 Å². The van der Waals surface area contributed by atoms with Crippen molar-refractivity contribution in [3.63, 3.8) is 0 Å². The largest absolute Gasteiger partial charge is 0.349 e. The van der Waals surface area contributed by atoms with Crippen LogP contribution in [0.4, 0.5) is 0 Å². The summed E-state index contributed by atoms with van der Waals surface area (Å²) >= 11 is 0. The number of benzene rings is 1. The van der Waals surface area contributed by atoms with Gasteiger partial charge in [-0.05, 0) is 37.8 Å². The summed E-state index contributed by atoms with van der Waals surface area (Å²) in [6.07, 6.45) is 3.24. The maximum absolute atomic E-state index is 12.4. The smallest absolute Gasteiger partial charge is 0.220 e. The molecule has 0 aliphatic heterocycles. The van der Waals surface area contributed by atoms with Crippen LogP contribution in [0.15, 0.2) is 30.3 Å². The molecule has 1 atom stereocenters. The highest BCUT2D eigenvalue weighted by atomic mass is 16.1. The normalized spacial score (nSPS) is 12.2. The van der Waals surface area contributed by atoms with Gasteiger partial charge in [0.05, 0.1) is 11.7 Å². The van der Waals surface area contributed by atoms with Crippen molar-refractivity contribution in [2.24, 2.45) is 7.05 Å². The van der Waals surface area contributed by atoms with Crippen molar-refractivity contribution in [2.75, 3.05) is 0 Å². The fourth-order valence-electron chi connectivity index (χ4n) is 2.98. The Morgan fingerprint density at radius 2 is 1.96 bits per heavy atom. The van der Waals surface area contributed by atoms with Crippen molar-refractivity contribution in [2.45, 2.75) is 52.5 Å². The third-order valence-corrected chi connectivity index (χ3v) is 4.38. The summed E-state index contributed by atoms with van der Waals surface area (Å²) in [4.78, 5) is 12.4. The van der Waals surface area contributed by atoms with Crippen molar-refractivity contribution in [1.82, 2.24) is 15.1 Å². The minimum absolute atomic E-state index is 0.102. The third kappa shape index (κ3) is 4.44. The fraction of sp³-hybridized carbons (Fsp3) is 0.474. The van der Waals surface area contributed by atoms with Gasteiger partial charge in [0.25, 0.3) is 0 Å². The second-order valence-corrected chi connectivity index (χ2v) is 6.09. The van der Waals surface area contributed by atoms with Gasteiger partial charge in [0, 0.05) is 19.2 Å². The number of rotatable bonds is 7. The van der Waals surface area contributed by atoms with Gasteiger partial charge in [-0.25, -0.2) is 0 Å². The lowest BCUT2D eigenvalue weighted by Crippen LogP contribution is -2.28. The zero-order valence-corrected chi connectivity index (χ0v) is 14.6. The molecule has 0 bridgehead atoms. The molecule has 0 aliphatic rings. The van der Waals surface area contributed by atoms with E-state index in [0.717, 1.165) is 30.7 Å². The summed E-state index contributed by atoms with van der Waals surface area (Å²) in [6, 6.07) is 10.3. The number of hydrogen-bond donors (Lipinski definition) is 1. The molecule has 1 heterocycles. The Balaban J connectivity index is 1.97. The van der Waals surface area contributed by atoms with Crippen LogP contribution in [0.3, 0.4) is 0 Å². The first-order chi connectivity index (χ1) is 11.0. The molecule has 1 unspecified atom stereocenters. The highest BCUT2D eigenvalue weighted by molar-refractivity contribution is 5.76. The number of nitrogens with zero attached hydrogens (tertiary/aromatic N) is 2. The predicted octanol–water partition coefficient (Wildman–Crippen LogP) is 3.63. The summed E-state index contributed by atoms with van der Waals surface area (Å²) in [6.45, 7) is 6.20. The minimum Gasteiger partial charge on any atom is -0.349 e. The number of aryl methyl sites for hydroxylation is 2. The van der Waals surface area contributed by atoms with Gasteiger partial charge in [-0.1, -0.05) is 43.7 Å². The topological polar surface area (TPSA) is 46.9 Å². The van der Waals surface area contributed by atoms with Gasteiger partial charge in [-0.15, -0.1) is 0 Å². The van der Waals surface area contributed by atoms with Crippen LogP contribution in [-0.4, -0.2) is 15.7 Å². The quantitative estimate of drug-likeness (QED) is 0.848. The van der Waals surface area contributed by atoms with E-state index in [9.17, 15) is 4.79 Å². The van der Waals surface area contributed by atoms with E-state index in [4.69, 9.17) is 0 Å². The van der Waals surface area contributed by atoms with Crippen molar-refractivity contribution < 1.29 is 4.79 Å². The summed E-state index contributed by atoms with van der Waals surface area (Å²) in [5.41, 5.74) is 4.53. The first-order valence-electron chi connectivity index (χ1n) is 8.36. The van der Waals surface area contributed by atoms with Crippen molar-refractivity contribution >= 4 is 5.91 Å². The van der Waals surface area contributed by atoms with Gasteiger partial charge in [0.15, 0.2) is 0 Å². The molecule has 0 fully saturated rings. The lowest BCUT2D eigenvalue weighted by Gasteiger charge is -2.18. The molecule has 1 aromatic carbocycles. The highest BCUT2D eigenvalue weighted by Crippen LogP contribution is 2.19. The van der Waals surface area contributed by atoms with Crippen LogP contribution in [0.25, 0.3) is 0 Å². The standard InChI is InChI=1S/C19H27N3O/c1-5-9-18(16-10-7-6-8-11-16)20-19(23)13-12-17-14(2)21-22(4)15(17)3/h6-8,10-11,18H,5,9,12-13H2,1-4H3,(H,20,23). The number of aromatic nitrogens is 2. The summed E-state index contributed by atoms with van der Waals surface area (Å²) in [7, 11) is 1.94. The molecule has 0 radical (unpaired) electrons. The molecular formula is C19H27N3O. The van der Waals surface area contributed by atoms with Crippen molar-refractivity contribution in [1.29, 1.82) is 0 Å². The highest BCUT2D eigenvalue weighted by Gasteiger charge is 2.15. The molecule has 2 aromatic rings. The molecule has 1 N–H and O–H groups in total. The van der Waals surface area contributed by atoms with Crippen LogP contribution in [0.1, 0.15) is 54.7 Å². The van der Waals surface area contributed by atoms with E-state index >= 15 is 0 Å². The maximum atomic E-state index is 12.4. The van der Waals surface area contributed by atoms with Gasteiger partial charge in [0.1, 0.15) is 0 Å². The summed E-state index contributed by atoms with van der Waals surface area (Å²) in [5.74, 6) is 0.106. The molecular weight excluding hydrogens is 286 g/mol.